The Balaban J connectivity index is 1.95. The lowest BCUT2D eigenvalue weighted by Crippen LogP contribution is -2.25. The Bertz CT molecular complexity index is 637. The summed E-state index contributed by atoms with van der Waals surface area (Å²) in [6.07, 6.45) is 2.49. The molecule has 0 spiro atoms. The van der Waals surface area contributed by atoms with Crippen molar-refractivity contribution in [2.45, 2.75) is 38.1 Å². The quantitative estimate of drug-likeness (QED) is 0.458. The van der Waals surface area contributed by atoms with Crippen LogP contribution >= 0.6 is 11.8 Å². The molecule has 5 nitrogen and oxygen atoms in total. The number of thioether (sulfide) groups is 1. The van der Waals surface area contributed by atoms with Crippen molar-refractivity contribution in [3.05, 3.63) is 22.9 Å². The zero-order valence-corrected chi connectivity index (χ0v) is 13.7. The second kappa shape index (κ2) is 7.41. The Morgan fingerprint density at radius 1 is 1.55 bits per heavy atom. The molecule has 2 heterocycles. The Morgan fingerprint density at radius 2 is 2.32 bits per heavy atom. The van der Waals surface area contributed by atoms with Crippen LogP contribution in [0.1, 0.15) is 47.8 Å². The van der Waals surface area contributed by atoms with E-state index in [2.05, 4.69) is 11.1 Å². The minimum atomic E-state index is -0.0782. The molecule has 2 rings (SSSR count). The Kier molecular flexibility index (Phi) is 5.56. The molecule has 6 heteroatoms. The number of hydrogen-bond donors (Lipinski definition) is 0. The molecule has 1 aliphatic rings. The van der Waals surface area contributed by atoms with Crippen molar-refractivity contribution in [2.75, 3.05) is 18.8 Å². The minimum absolute atomic E-state index is 0.0782. The number of nitrogens with zero attached hydrogens (tertiary/aromatic N) is 3. The summed E-state index contributed by atoms with van der Waals surface area (Å²) in [6, 6.07) is 3.73. The summed E-state index contributed by atoms with van der Waals surface area (Å²) < 4.78 is 0. The van der Waals surface area contributed by atoms with E-state index in [1.54, 1.807) is 13.0 Å². The first kappa shape index (κ1) is 16.5. The molecule has 0 radical (unpaired) electrons. The van der Waals surface area contributed by atoms with Crippen molar-refractivity contribution in [1.82, 2.24) is 9.88 Å². The molecule has 1 saturated heterocycles. The van der Waals surface area contributed by atoms with Crippen LogP contribution < -0.4 is 0 Å². The summed E-state index contributed by atoms with van der Waals surface area (Å²) >= 11 is 1.51. The molecule has 1 amide bonds. The maximum atomic E-state index is 11.5. The molecule has 0 aromatic carbocycles. The van der Waals surface area contributed by atoms with Gasteiger partial charge in [0.1, 0.15) is 11.1 Å². The van der Waals surface area contributed by atoms with Crippen LogP contribution in [0.25, 0.3) is 0 Å². The molecule has 0 N–H and O–H groups in total. The van der Waals surface area contributed by atoms with Crippen LogP contribution in [0.4, 0.5) is 0 Å². The fourth-order valence-electron chi connectivity index (χ4n) is 2.49. The number of rotatable bonds is 6. The van der Waals surface area contributed by atoms with Gasteiger partial charge in [-0.05, 0) is 32.8 Å². The third kappa shape index (κ3) is 3.86. The average molecular weight is 317 g/mol. The normalized spacial score (nSPS) is 14.2. The second-order valence-corrected chi connectivity index (χ2v) is 6.41. The number of carbonyl (C=O) groups is 2. The molecule has 22 heavy (non-hydrogen) atoms. The molecule has 0 aliphatic carbocycles. The van der Waals surface area contributed by atoms with Gasteiger partial charge in [0.05, 0.1) is 5.56 Å². The minimum Gasteiger partial charge on any atom is -0.343 e. The molecular weight excluding hydrogens is 298 g/mol. The van der Waals surface area contributed by atoms with Crippen molar-refractivity contribution in [3.8, 4) is 6.07 Å². The first-order valence-corrected chi connectivity index (χ1v) is 8.34. The SMILES string of the molecule is CC(=O)c1cc(C#N)c(SCCCN2CCCC2=O)nc1C. The van der Waals surface area contributed by atoms with Gasteiger partial charge in [0.2, 0.25) is 5.91 Å². The number of amides is 1. The summed E-state index contributed by atoms with van der Waals surface area (Å²) in [5.74, 6) is 0.956. The second-order valence-electron chi connectivity index (χ2n) is 5.33. The Morgan fingerprint density at radius 3 is 2.91 bits per heavy atom. The maximum absolute atomic E-state index is 11.5. The zero-order chi connectivity index (χ0) is 16.1. The third-order valence-corrected chi connectivity index (χ3v) is 4.74. The molecule has 116 valence electrons. The van der Waals surface area contributed by atoms with E-state index in [1.807, 2.05) is 4.90 Å². The smallest absolute Gasteiger partial charge is 0.222 e. The fourth-order valence-corrected chi connectivity index (χ4v) is 3.42. The van der Waals surface area contributed by atoms with E-state index in [0.29, 0.717) is 28.3 Å². The first-order chi connectivity index (χ1) is 10.5. The van der Waals surface area contributed by atoms with Crippen LogP contribution in [0, 0.1) is 18.3 Å². The third-order valence-electron chi connectivity index (χ3n) is 3.66. The molecular formula is C16H19N3O2S. The average Bonchev–Trinajstić information content (AvgIpc) is 2.88. The number of likely N-dealkylation sites (tertiary alicyclic amines) is 1. The van der Waals surface area contributed by atoms with Gasteiger partial charge in [0.25, 0.3) is 0 Å². The summed E-state index contributed by atoms with van der Waals surface area (Å²) in [7, 11) is 0. The van der Waals surface area contributed by atoms with E-state index < -0.39 is 0 Å². The van der Waals surface area contributed by atoms with Gasteiger partial charge in [-0.2, -0.15) is 5.26 Å². The van der Waals surface area contributed by atoms with Crippen molar-refractivity contribution >= 4 is 23.5 Å². The van der Waals surface area contributed by atoms with Crippen LogP contribution in [0.15, 0.2) is 11.1 Å². The van der Waals surface area contributed by atoms with E-state index in [4.69, 9.17) is 0 Å². The highest BCUT2D eigenvalue weighted by Gasteiger charge is 2.19. The van der Waals surface area contributed by atoms with Crippen molar-refractivity contribution in [2.24, 2.45) is 0 Å². The largest absolute Gasteiger partial charge is 0.343 e. The van der Waals surface area contributed by atoms with E-state index in [-0.39, 0.29) is 11.7 Å². The van der Waals surface area contributed by atoms with E-state index in [1.165, 1.54) is 18.7 Å². The van der Waals surface area contributed by atoms with E-state index >= 15 is 0 Å². The van der Waals surface area contributed by atoms with Crippen LogP contribution in [-0.4, -0.2) is 40.4 Å². The number of ketones is 1. The summed E-state index contributed by atoms with van der Waals surface area (Å²) in [5, 5.41) is 9.88. The number of nitriles is 1. The highest BCUT2D eigenvalue weighted by Crippen LogP contribution is 2.24. The van der Waals surface area contributed by atoms with Gasteiger partial charge in [-0.15, -0.1) is 11.8 Å². The predicted octanol–water partition coefficient (Wildman–Crippen LogP) is 2.57. The van der Waals surface area contributed by atoms with Gasteiger partial charge in [0, 0.05) is 36.5 Å². The van der Waals surface area contributed by atoms with Gasteiger partial charge in [-0.3, -0.25) is 9.59 Å². The predicted molar refractivity (Wildman–Crippen MR) is 84.8 cm³/mol. The number of pyridine rings is 1. The molecule has 0 bridgehead atoms. The lowest BCUT2D eigenvalue weighted by atomic mass is 10.1. The molecule has 1 fully saturated rings. The number of hydrogen-bond acceptors (Lipinski definition) is 5. The van der Waals surface area contributed by atoms with Crippen LogP contribution in [0.5, 0.6) is 0 Å². The highest BCUT2D eigenvalue weighted by atomic mass is 32.2. The monoisotopic (exact) mass is 317 g/mol. The van der Waals surface area contributed by atoms with Crippen molar-refractivity contribution in [1.29, 1.82) is 5.26 Å². The molecule has 1 aliphatic heterocycles. The summed E-state index contributed by atoms with van der Waals surface area (Å²) in [6.45, 7) is 4.88. The highest BCUT2D eigenvalue weighted by molar-refractivity contribution is 7.99. The molecule has 0 atom stereocenters. The standard InChI is InChI=1S/C16H19N3O2S/c1-11-14(12(2)20)9-13(10-17)16(18-11)22-8-4-7-19-6-3-5-15(19)21/h9H,3-8H2,1-2H3. The number of Topliss-reactive ketones (excluding diaryl/α,β-unsaturated/α-hetero) is 1. The van der Waals surface area contributed by atoms with Crippen molar-refractivity contribution < 1.29 is 9.59 Å². The maximum Gasteiger partial charge on any atom is 0.222 e. The lowest BCUT2D eigenvalue weighted by Gasteiger charge is -2.15. The van der Waals surface area contributed by atoms with Crippen molar-refractivity contribution in [3.63, 3.8) is 0 Å². The Labute approximate surface area is 134 Å². The molecule has 1 aromatic heterocycles. The lowest BCUT2D eigenvalue weighted by molar-refractivity contribution is -0.127. The van der Waals surface area contributed by atoms with Crippen LogP contribution in [0.2, 0.25) is 0 Å². The fraction of sp³-hybridized carbons (Fsp3) is 0.500. The number of carbonyl (C=O) groups excluding carboxylic acids is 2. The molecule has 0 saturated carbocycles. The van der Waals surface area contributed by atoms with Gasteiger partial charge in [0.15, 0.2) is 5.78 Å². The molecule has 0 unspecified atom stereocenters. The Hall–Kier alpha value is -1.87. The van der Waals surface area contributed by atoms with Gasteiger partial charge in [-0.25, -0.2) is 4.98 Å². The summed E-state index contributed by atoms with van der Waals surface area (Å²) in [5.41, 5.74) is 1.60. The van der Waals surface area contributed by atoms with Crippen LogP contribution in [-0.2, 0) is 4.79 Å². The zero-order valence-electron chi connectivity index (χ0n) is 12.9. The molecule has 1 aromatic rings. The number of aromatic nitrogens is 1. The van der Waals surface area contributed by atoms with Crippen LogP contribution in [0.3, 0.4) is 0 Å². The van der Waals surface area contributed by atoms with Gasteiger partial charge >= 0.3 is 0 Å². The first-order valence-electron chi connectivity index (χ1n) is 7.36. The summed E-state index contributed by atoms with van der Waals surface area (Å²) in [4.78, 5) is 29.3. The van der Waals surface area contributed by atoms with Gasteiger partial charge < -0.3 is 4.90 Å². The van der Waals surface area contributed by atoms with E-state index in [9.17, 15) is 14.9 Å². The van der Waals surface area contributed by atoms with Gasteiger partial charge in [-0.1, -0.05) is 0 Å². The number of aryl methyl sites for hydroxylation is 1. The topological polar surface area (TPSA) is 74.1 Å². The van der Waals surface area contributed by atoms with E-state index in [0.717, 1.165) is 31.7 Å².